The molecule has 1 rings (SSSR count). The average Bonchev–Trinajstić information content (AvgIpc) is 2.26. The Labute approximate surface area is 67.4 Å². The molecule has 0 atom stereocenters. The molecule has 1 aromatic rings. The second kappa shape index (κ2) is 3.53. The first-order valence-electron chi connectivity index (χ1n) is 3.94. The highest BCUT2D eigenvalue weighted by Gasteiger charge is 2.00. The molecule has 0 amide bonds. The van der Waals surface area contributed by atoms with Crippen LogP contribution >= 0.6 is 0 Å². The third kappa shape index (κ3) is 2.05. The zero-order valence-corrected chi connectivity index (χ0v) is 7.39. The second-order valence-corrected chi connectivity index (χ2v) is 2.69. The smallest absolute Gasteiger partial charge is 0.0638 e. The fraction of sp³-hybridized carbons (Fsp3) is 0.625. The number of aryl methyl sites for hydroxylation is 2. The normalized spacial score (nSPS) is 10.5. The minimum absolute atomic E-state index is 0.927. The number of nitrogens with one attached hydrogen (secondary N) is 1. The zero-order chi connectivity index (χ0) is 8.27. The molecule has 11 heavy (non-hydrogen) atoms. The van der Waals surface area contributed by atoms with Crippen LogP contribution in [0.15, 0.2) is 6.20 Å². The van der Waals surface area contributed by atoms with E-state index in [2.05, 4.69) is 23.5 Å². The van der Waals surface area contributed by atoms with E-state index >= 15 is 0 Å². The van der Waals surface area contributed by atoms with Crippen LogP contribution in [-0.4, -0.2) is 16.3 Å². The molecule has 0 aromatic carbocycles. The van der Waals surface area contributed by atoms with Gasteiger partial charge in [-0.2, -0.15) is 5.10 Å². The first kappa shape index (κ1) is 8.27. The van der Waals surface area contributed by atoms with E-state index in [9.17, 15) is 0 Å². The van der Waals surface area contributed by atoms with Crippen molar-refractivity contribution in [1.29, 1.82) is 0 Å². The van der Waals surface area contributed by atoms with Crippen molar-refractivity contribution in [3.63, 3.8) is 0 Å². The lowest BCUT2D eigenvalue weighted by molar-refractivity contribution is 0.722. The SMILES string of the molecule is CCNCc1cn(C)nc1C. The molecule has 0 saturated carbocycles. The third-order valence-electron chi connectivity index (χ3n) is 1.68. The van der Waals surface area contributed by atoms with Gasteiger partial charge >= 0.3 is 0 Å². The maximum absolute atomic E-state index is 4.24. The predicted octanol–water partition coefficient (Wildman–Crippen LogP) is 0.838. The molecule has 0 unspecified atom stereocenters. The van der Waals surface area contributed by atoms with Crippen molar-refractivity contribution in [3.05, 3.63) is 17.5 Å². The Morgan fingerprint density at radius 3 is 2.82 bits per heavy atom. The number of rotatable bonds is 3. The highest BCUT2D eigenvalue weighted by Crippen LogP contribution is 2.02. The maximum Gasteiger partial charge on any atom is 0.0638 e. The molecule has 0 saturated heterocycles. The van der Waals surface area contributed by atoms with Gasteiger partial charge in [0.1, 0.15) is 0 Å². The van der Waals surface area contributed by atoms with E-state index in [-0.39, 0.29) is 0 Å². The molecule has 3 nitrogen and oxygen atoms in total. The molecule has 1 heterocycles. The second-order valence-electron chi connectivity index (χ2n) is 2.69. The molecule has 62 valence electrons. The van der Waals surface area contributed by atoms with Crippen molar-refractivity contribution >= 4 is 0 Å². The summed E-state index contributed by atoms with van der Waals surface area (Å²) in [5.41, 5.74) is 2.41. The Bertz CT molecular complexity index is 227. The standard InChI is InChI=1S/C8H15N3/c1-4-9-5-8-6-11(3)10-7(8)2/h6,9H,4-5H2,1-3H3. The fourth-order valence-corrected chi connectivity index (χ4v) is 1.08. The monoisotopic (exact) mass is 153 g/mol. The van der Waals surface area contributed by atoms with E-state index in [4.69, 9.17) is 0 Å². The quantitative estimate of drug-likeness (QED) is 0.697. The summed E-state index contributed by atoms with van der Waals surface area (Å²) in [7, 11) is 1.95. The van der Waals surface area contributed by atoms with Crippen molar-refractivity contribution in [1.82, 2.24) is 15.1 Å². The predicted molar refractivity (Wildman–Crippen MR) is 45.3 cm³/mol. The Kier molecular flexibility index (Phi) is 2.65. The van der Waals surface area contributed by atoms with E-state index in [0.717, 1.165) is 18.8 Å². The van der Waals surface area contributed by atoms with Gasteiger partial charge in [0.05, 0.1) is 5.69 Å². The maximum atomic E-state index is 4.24. The van der Waals surface area contributed by atoms with Crippen LogP contribution < -0.4 is 5.32 Å². The van der Waals surface area contributed by atoms with Crippen molar-refractivity contribution in [3.8, 4) is 0 Å². The molecule has 0 aliphatic rings. The van der Waals surface area contributed by atoms with E-state index < -0.39 is 0 Å². The largest absolute Gasteiger partial charge is 0.313 e. The summed E-state index contributed by atoms with van der Waals surface area (Å²) >= 11 is 0. The van der Waals surface area contributed by atoms with Crippen molar-refractivity contribution < 1.29 is 0 Å². The third-order valence-corrected chi connectivity index (χ3v) is 1.68. The van der Waals surface area contributed by atoms with Gasteiger partial charge < -0.3 is 5.32 Å². The molecule has 3 heteroatoms. The molecule has 0 bridgehead atoms. The zero-order valence-electron chi connectivity index (χ0n) is 7.39. The first-order chi connectivity index (χ1) is 5.24. The van der Waals surface area contributed by atoms with Crippen molar-refractivity contribution in [2.24, 2.45) is 7.05 Å². The van der Waals surface area contributed by atoms with Gasteiger partial charge in [0.2, 0.25) is 0 Å². The Morgan fingerprint density at radius 1 is 1.64 bits per heavy atom. The lowest BCUT2D eigenvalue weighted by Gasteiger charge is -1.97. The summed E-state index contributed by atoms with van der Waals surface area (Å²) in [6.07, 6.45) is 2.05. The highest BCUT2D eigenvalue weighted by atomic mass is 15.2. The summed E-state index contributed by atoms with van der Waals surface area (Å²) in [4.78, 5) is 0. The van der Waals surface area contributed by atoms with Gasteiger partial charge in [0.15, 0.2) is 0 Å². The molecular weight excluding hydrogens is 138 g/mol. The lowest BCUT2D eigenvalue weighted by Crippen LogP contribution is -2.11. The molecule has 0 radical (unpaired) electrons. The number of nitrogens with zero attached hydrogens (tertiary/aromatic N) is 2. The van der Waals surface area contributed by atoms with Crippen LogP contribution in [0, 0.1) is 6.92 Å². The molecule has 0 aliphatic heterocycles. The number of hydrogen-bond donors (Lipinski definition) is 1. The van der Waals surface area contributed by atoms with Crippen LogP contribution in [0.25, 0.3) is 0 Å². The summed E-state index contributed by atoms with van der Waals surface area (Å²) in [5.74, 6) is 0. The van der Waals surface area contributed by atoms with Crippen molar-refractivity contribution in [2.45, 2.75) is 20.4 Å². The van der Waals surface area contributed by atoms with E-state index in [1.807, 2.05) is 18.7 Å². The van der Waals surface area contributed by atoms with Gasteiger partial charge in [-0.3, -0.25) is 4.68 Å². The number of hydrogen-bond acceptors (Lipinski definition) is 2. The van der Waals surface area contributed by atoms with Crippen LogP contribution in [-0.2, 0) is 13.6 Å². The molecule has 1 aromatic heterocycles. The van der Waals surface area contributed by atoms with E-state index in [1.165, 1.54) is 5.56 Å². The summed E-state index contributed by atoms with van der Waals surface area (Å²) in [6.45, 7) is 6.07. The van der Waals surface area contributed by atoms with Gasteiger partial charge in [0, 0.05) is 25.4 Å². The van der Waals surface area contributed by atoms with Gasteiger partial charge in [-0.05, 0) is 13.5 Å². The van der Waals surface area contributed by atoms with Gasteiger partial charge in [-0.1, -0.05) is 6.92 Å². The Morgan fingerprint density at radius 2 is 2.36 bits per heavy atom. The Hall–Kier alpha value is -0.830. The highest BCUT2D eigenvalue weighted by molar-refractivity contribution is 5.14. The minimum atomic E-state index is 0.927. The molecule has 0 spiro atoms. The van der Waals surface area contributed by atoms with Crippen LogP contribution in [0.5, 0.6) is 0 Å². The van der Waals surface area contributed by atoms with Crippen LogP contribution in [0.2, 0.25) is 0 Å². The Balaban J connectivity index is 2.62. The van der Waals surface area contributed by atoms with Crippen LogP contribution in [0.4, 0.5) is 0 Å². The summed E-state index contributed by atoms with van der Waals surface area (Å²) < 4.78 is 1.85. The van der Waals surface area contributed by atoms with E-state index in [0.29, 0.717) is 0 Å². The van der Waals surface area contributed by atoms with Crippen LogP contribution in [0.3, 0.4) is 0 Å². The molecule has 1 N–H and O–H groups in total. The summed E-state index contributed by atoms with van der Waals surface area (Å²) in [6, 6.07) is 0. The van der Waals surface area contributed by atoms with Gasteiger partial charge in [0.25, 0.3) is 0 Å². The lowest BCUT2D eigenvalue weighted by atomic mass is 10.3. The fourth-order valence-electron chi connectivity index (χ4n) is 1.08. The van der Waals surface area contributed by atoms with Gasteiger partial charge in [-0.15, -0.1) is 0 Å². The van der Waals surface area contributed by atoms with E-state index in [1.54, 1.807) is 0 Å². The minimum Gasteiger partial charge on any atom is -0.313 e. The average molecular weight is 153 g/mol. The molecule has 0 fully saturated rings. The molecule has 0 aliphatic carbocycles. The van der Waals surface area contributed by atoms with Crippen LogP contribution in [0.1, 0.15) is 18.2 Å². The first-order valence-corrected chi connectivity index (χ1v) is 3.94. The number of aromatic nitrogens is 2. The van der Waals surface area contributed by atoms with Crippen molar-refractivity contribution in [2.75, 3.05) is 6.54 Å². The molecular formula is C8H15N3. The summed E-state index contributed by atoms with van der Waals surface area (Å²) in [5, 5.41) is 7.51. The topological polar surface area (TPSA) is 29.9 Å². The van der Waals surface area contributed by atoms with Gasteiger partial charge in [-0.25, -0.2) is 0 Å².